The Balaban J connectivity index is 2.20. The van der Waals surface area contributed by atoms with Gasteiger partial charge in [0.2, 0.25) is 0 Å². The van der Waals surface area contributed by atoms with Crippen LogP contribution in [0.3, 0.4) is 0 Å². The van der Waals surface area contributed by atoms with Crippen molar-refractivity contribution in [3.63, 3.8) is 0 Å². The molecular formula is C13H11ClN2O4. The first-order valence-corrected chi connectivity index (χ1v) is 6.15. The Kier molecular flexibility index (Phi) is 4.05. The zero-order valence-electron chi connectivity index (χ0n) is 10.5. The van der Waals surface area contributed by atoms with E-state index in [4.69, 9.17) is 16.0 Å². The molecule has 1 aromatic heterocycles. The largest absolute Gasteiger partial charge is 0.467 e. The van der Waals surface area contributed by atoms with Gasteiger partial charge in [-0.2, -0.15) is 0 Å². The SMILES string of the molecule is CC(NC(=O)c1cc([N+](=O)[O-])ccc1Cl)c1ccco1. The van der Waals surface area contributed by atoms with Gasteiger partial charge in [0.05, 0.1) is 27.8 Å². The Morgan fingerprint density at radius 3 is 2.80 bits per heavy atom. The van der Waals surface area contributed by atoms with Gasteiger partial charge in [0.1, 0.15) is 5.76 Å². The van der Waals surface area contributed by atoms with Crippen molar-refractivity contribution in [1.29, 1.82) is 0 Å². The van der Waals surface area contributed by atoms with Crippen molar-refractivity contribution in [3.8, 4) is 0 Å². The fourth-order valence-electron chi connectivity index (χ4n) is 1.68. The molecule has 2 rings (SSSR count). The van der Waals surface area contributed by atoms with Crippen LogP contribution in [0.2, 0.25) is 5.02 Å². The molecule has 1 amide bonds. The maximum atomic E-state index is 12.1. The second kappa shape index (κ2) is 5.75. The molecule has 0 bridgehead atoms. The van der Waals surface area contributed by atoms with E-state index in [-0.39, 0.29) is 22.3 Å². The summed E-state index contributed by atoms with van der Waals surface area (Å²) in [5, 5.41) is 13.5. The number of carbonyl (C=O) groups excluding carboxylic acids is 1. The number of hydrogen-bond donors (Lipinski definition) is 1. The van der Waals surface area contributed by atoms with Crippen LogP contribution in [0.5, 0.6) is 0 Å². The van der Waals surface area contributed by atoms with Gasteiger partial charge in [-0.05, 0) is 25.1 Å². The van der Waals surface area contributed by atoms with Crippen LogP contribution in [-0.2, 0) is 0 Å². The number of nitro benzene ring substituents is 1. The van der Waals surface area contributed by atoms with E-state index < -0.39 is 10.8 Å². The number of nitrogens with one attached hydrogen (secondary N) is 1. The second-order valence-electron chi connectivity index (χ2n) is 4.13. The van der Waals surface area contributed by atoms with Crippen molar-refractivity contribution >= 4 is 23.2 Å². The minimum Gasteiger partial charge on any atom is -0.467 e. The molecule has 1 unspecified atom stereocenters. The molecule has 20 heavy (non-hydrogen) atoms. The first-order valence-electron chi connectivity index (χ1n) is 5.77. The van der Waals surface area contributed by atoms with Gasteiger partial charge in [0.25, 0.3) is 11.6 Å². The number of benzene rings is 1. The fraction of sp³-hybridized carbons (Fsp3) is 0.154. The van der Waals surface area contributed by atoms with Crippen LogP contribution in [0, 0.1) is 10.1 Å². The van der Waals surface area contributed by atoms with E-state index in [1.54, 1.807) is 19.1 Å². The Morgan fingerprint density at radius 2 is 2.20 bits per heavy atom. The molecule has 0 fully saturated rings. The molecular weight excluding hydrogens is 284 g/mol. The van der Waals surface area contributed by atoms with Crippen LogP contribution >= 0.6 is 11.6 Å². The summed E-state index contributed by atoms with van der Waals surface area (Å²) < 4.78 is 5.17. The van der Waals surface area contributed by atoms with Crippen LogP contribution in [0.15, 0.2) is 41.0 Å². The number of amides is 1. The monoisotopic (exact) mass is 294 g/mol. The number of rotatable bonds is 4. The lowest BCUT2D eigenvalue weighted by Gasteiger charge is -2.12. The normalized spacial score (nSPS) is 11.9. The van der Waals surface area contributed by atoms with Crippen LogP contribution in [-0.4, -0.2) is 10.8 Å². The van der Waals surface area contributed by atoms with Crippen LogP contribution < -0.4 is 5.32 Å². The Hall–Kier alpha value is -2.34. The third-order valence-corrected chi connectivity index (χ3v) is 3.05. The lowest BCUT2D eigenvalue weighted by Crippen LogP contribution is -2.26. The molecule has 1 atom stereocenters. The summed E-state index contributed by atoms with van der Waals surface area (Å²) >= 11 is 5.90. The summed E-state index contributed by atoms with van der Waals surface area (Å²) in [6.07, 6.45) is 1.50. The highest BCUT2D eigenvalue weighted by Crippen LogP contribution is 2.23. The Bertz CT molecular complexity index is 640. The van der Waals surface area contributed by atoms with Gasteiger partial charge in [-0.1, -0.05) is 11.6 Å². The van der Waals surface area contributed by atoms with Crippen LogP contribution in [0.1, 0.15) is 29.1 Å². The summed E-state index contributed by atoms with van der Waals surface area (Å²) in [5.41, 5.74) is -0.135. The molecule has 2 aromatic rings. The molecule has 0 saturated carbocycles. The zero-order valence-corrected chi connectivity index (χ0v) is 11.3. The van der Waals surface area contributed by atoms with E-state index in [1.165, 1.54) is 18.4 Å². The van der Waals surface area contributed by atoms with Crippen molar-refractivity contribution < 1.29 is 14.1 Å². The van der Waals surface area contributed by atoms with E-state index in [1.807, 2.05) is 0 Å². The van der Waals surface area contributed by atoms with Crippen molar-refractivity contribution in [2.24, 2.45) is 0 Å². The van der Waals surface area contributed by atoms with Gasteiger partial charge >= 0.3 is 0 Å². The maximum absolute atomic E-state index is 12.1. The molecule has 0 aliphatic heterocycles. The van der Waals surface area contributed by atoms with Gasteiger partial charge in [-0.3, -0.25) is 14.9 Å². The summed E-state index contributed by atoms with van der Waals surface area (Å²) in [6.45, 7) is 1.74. The zero-order chi connectivity index (χ0) is 14.7. The van der Waals surface area contributed by atoms with Crippen LogP contribution in [0.25, 0.3) is 0 Å². The van der Waals surface area contributed by atoms with E-state index in [2.05, 4.69) is 5.32 Å². The summed E-state index contributed by atoms with van der Waals surface area (Å²) in [6, 6.07) is 6.78. The molecule has 0 spiro atoms. The Labute approximate surface area is 119 Å². The number of furan rings is 1. The summed E-state index contributed by atoms with van der Waals surface area (Å²) in [7, 11) is 0. The summed E-state index contributed by atoms with van der Waals surface area (Å²) in [5.74, 6) is 0.0857. The standard InChI is InChI=1S/C13H11ClN2O4/c1-8(12-3-2-6-20-12)15-13(17)10-7-9(16(18)19)4-5-11(10)14/h2-8H,1H3,(H,15,17). The van der Waals surface area contributed by atoms with Crippen LogP contribution in [0.4, 0.5) is 5.69 Å². The first kappa shape index (κ1) is 14.1. The highest BCUT2D eigenvalue weighted by atomic mass is 35.5. The highest BCUT2D eigenvalue weighted by molar-refractivity contribution is 6.33. The summed E-state index contributed by atoms with van der Waals surface area (Å²) in [4.78, 5) is 22.2. The molecule has 0 aliphatic rings. The van der Waals surface area contributed by atoms with Gasteiger partial charge in [0.15, 0.2) is 0 Å². The molecule has 6 nitrogen and oxygen atoms in total. The van der Waals surface area contributed by atoms with E-state index in [9.17, 15) is 14.9 Å². The fourth-order valence-corrected chi connectivity index (χ4v) is 1.89. The van der Waals surface area contributed by atoms with E-state index in [0.717, 1.165) is 6.07 Å². The number of nitro groups is 1. The number of non-ortho nitro benzene ring substituents is 1. The van der Waals surface area contributed by atoms with E-state index >= 15 is 0 Å². The number of hydrogen-bond acceptors (Lipinski definition) is 4. The number of carbonyl (C=O) groups is 1. The topological polar surface area (TPSA) is 85.4 Å². The molecule has 1 N–H and O–H groups in total. The molecule has 104 valence electrons. The lowest BCUT2D eigenvalue weighted by atomic mass is 10.1. The first-order chi connectivity index (χ1) is 9.49. The number of nitrogens with zero attached hydrogens (tertiary/aromatic N) is 1. The molecule has 0 aliphatic carbocycles. The van der Waals surface area contributed by atoms with Gasteiger partial charge < -0.3 is 9.73 Å². The van der Waals surface area contributed by atoms with Crippen molar-refractivity contribution in [2.75, 3.05) is 0 Å². The number of halogens is 1. The highest BCUT2D eigenvalue weighted by Gasteiger charge is 2.18. The van der Waals surface area contributed by atoms with Gasteiger partial charge in [-0.15, -0.1) is 0 Å². The van der Waals surface area contributed by atoms with Gasteiger partial charge in [-0.25, -0.2) is 0 Å². The minimum atomic E-state index is -0.580. The lowest BCUT2D eigenvalue weighted by molar-refractivity contribution is -0.384. The Morgan fingerprint density at radius 1 is 1.45 bits per heavy atom. The third-order valence-electron chi connectivity index (χ3n) is 2.72. The predicted octanol–water partition coefficient (Wildman–Crippen LogP) is 3.33. The average molecular weight is 295 g/mol. The van der Waals surface area contributed by atoms with Crippen molar-refractivity contribution in [3.05, 3.63) is 63.1 Å². The second-order valence-corrected chi connectivity index (χ2v) is 4.54. The molecule has 1 heterocycles. The van der Waals surface area contributed by atoms with Gasteiger partial charge in [0, 0.05) is 12.1 Å². The minimum absolute atomic E-state index is 0.0549. The molecule has 0 radical (unpaired) electrons. The molecule has 1 aromatic carbocycles. The maximum Gasteiger partial charge on any atom is 0.270 e. The smallest absolute Gasteiger partial charge is 0.270 e. The quantitative estimate of drug-likeness (QED) is 0.692. The third kappa shape index (κ3) is 2.97. The average Bonchev–Trinajstić information content (AvgIpc) is 2.92. The van der Waals surface area contributed by atoms with E-state index in [0.29, 0.717) is 5.76 Å². The molecule has 0 saturated heterocycles. The molecule has 7 heteroatoms. The van der Waals surface area contributed by atoms with Crippen molar-refractivity contribution in [1.82, 2.24) is 5.32 Å². The predicted molar refractivity (Wildman–Crippen MR) is 72.7 cm³/mol. The van der Waals surface area contributed by atoms with Crippen molar-refractivity contribution in [2.45, 2.75) is 13.0 Å².